The number of hydrogen-bond donors (Lipinski definition) is 0. The smallest absolute Gasteiger partial charge is 0.243 e. The van der Waals surface area contributed by atoms with Crippen LogP contribution in [0.4, 0.5) is 0 Å². The van der Waals surface area contributed by atoms with E-state index in [0.717, 1.165) is 25.7 Å². The molecule has 0 aromatic heterocycles. The Balaban J connectivity index is 2.97. The number of rotatable bonds is 6. The van der Waals surface area contributed by atoms with Gasteiger partial charge in [0.2, 0.25) is 11.8 Å². The van der Waals surface area contributed by atoms with Gasteiger partial charge in [0, 0.05) is 13.1 Å². The number of carbonyl (C=O) groups is 2. The summed E-state index contributed by atoms with van der Waals surface area (Å²) >= 11 is 5.34. The predicted molar refractivity (Wildman–Crippen MR) is 79.6 cm³/mol. The quantitative estimate of drug-likeness (QED) is 0.556. The van der Waals surface area contributed by atoms with E-state index in [1.54, 1.807) is 23.6 Å². The van der Waals surface area contributed by atoms with Crippen molar-refractivity contribution in [2.45, 2.75) is 53.4 Å². The maximum absolute atomic E-state index is 12.4. The lowest BCUT2D eigenvalue weighted by Crippen LogP contribution is -2.63. The van der Waals surface area contributed by atoms with Crippen molar-refractivity contribution in [2.75, 3.05) is 13.1 Å². The van der Waals surface area contributed by atoms with Crippen LogP contribution in [0.2, 0.25) is 0 Å². The van der Waals surface area contributed by atoms with Crippen LogP contribution in [-0.4, -0.2) is 39.8 Å². The van der Waals surface area contributed by atoms with E-state index in [9.17, 15) is 9.59 Å². The lowest BCUT2D eigenvalue weighted by Gasteiger charge is -2.43. The number of hydrogen-bond acceptors (Lipinski definition) is 3. The first-order chi connectivity index (χ1) is 8.87. The van der Waals surface area contributed by atoms with Crippen molar-refractivity contribution < 1.29 is 9.59 Å². The van der Waals surface area contributed by atoms with E-state index in [1.165, 1.54) is 0 Å². The van der Waals surface area contributed by atoms with Gasteiger partial charge in [-0.2, -0.15) is 0 Å². The second-order valence-electron chi connectivity index (χ2n) is 5.53. The first-order valence-electron chi connectivity index (χ1n) is 7.05. The summed E-state index contributed by atoms with van der Waals surface area (Å²) in [4.78, 5) is 28.0. The van der Waals surface area contributed by atoms with Crippen LogP contribution in [0.1, 0.15) is 53.4 Å². The van der Waals surface area contributed by atoms with Crippen molar-refractivity contribution in [1.29, 1.82) is 0 Å². The van der Waals surface area contributed by atoms with Crippen LogP contribution in [0.25, 0.3) is 0 Å². The summed E-state index contributed by atoms with van der Waals surface area (Å²) in [6, 6.07) is 0. The van der Waals surface area contributed by atoms with Crippen LogP contribution < -0.4 is 0 Å². The zero-order chi connectivity index (χ0) is 14.6. The lowest BCUT2D eigenvalue weighted by molar-refractivity contribution is -0.153. The number of carbonyl (C=O) groups excluding carboxylic acids is 2. The zero-order valence-electron chi connectivity index (χ0n) is 12.4. The standard InChI is InChI=1S/C14H24N2O2S/c1-5-7-9-15-11(17)14(3,4)12(18)16(13(15)19)10-8-6-2/h5-10H2,1-4H3. The molecule has 0 aliphatic carbocycles. The second-order valence-corrected chi connectivity index (χ2v) is 5.89. The molecule has 4 nitrogen and oxygen atoms in total. The van der Waals surface area contributed by atoms with Gasteiger partial charge in [0.25, 0.3) is 0 Å². The number of thiocarbonyl (C=S) groups is 1. The highest BCUT2D eigenvalue weighted by atomic mass is 32.1. The van der Waals surface area contributed by atoms with E-state index >= 15 is 0 Å². The fourth-order valence-corrected chi connectivity index (χ4v) is 2.46. The summed E-state index contributed by atoms with van der Waals surface area (Å²) in [5.41, 5.74) is -0.996. The predicted octanol–water partition coefficient (Wildman–Crippen LogP) is 2.57. The van der Waals surface area contributed by atoms with Crippen LogP contribution in [0.3, 0.4) is 0 Å². The van der Waals surface area contributed by atoms with Gasteiger partial charge in [0.15, 0.2) is 5.11 Å². The van der Waals surface area contributed by atoms with E-state index in [2.05, 4.69) is 13.8 Å². The molecular weight excluding hydrogens is 260 g/mol. The first-order valence-corrected chi connectivity index (χ1v) is 7.46. The Bertz CT molecular complexity index is 348. The van der Waals surface area contributed by atoms with Gasteiger partial charge in [-0.15, -0.1) is 0 Å². The third kappa shape index (κ3) is 3.14. The van der Waals surface area contributed by atoms with Crippen molar-refractivity contribution in [3.05, 3.63) is 0 Å². The second kappa shape index (κ2) is 6.46. The number of nitrogens with zero attached hydrogens (tertiary/aromatic N) is 2. The van der Waals surface area contributed by atoms with E-state index in [-0.39, 0.29) is 11.8 Å². The van der Waals surface area contributed by atoms with Crippen molar-refractivity contribution in [1.82, 2.24) is 9.80 Å². The van der Waals surface area contributed by atoms with Gasteiger partial charge in [-0.1, -0.05) is 26.7 Å². The molecule has 0 aromatic rings. The highest BCUT2D eigenvalue weighted by molar-refractivity contribution is 7.80. The van der Waals surface area contributed by atoms with E-state index in [4.69, 9.17) is 12.2 Å². The highest BCUT2D eigenvalue weighted by Gasteiger charge is 2.49. The molecule has 1 saturated heterocycles. The Kier molecular flexibility index (Phi) is 5.47. The number of unbranched alkanes of at least 4 members (excludes halogenated alkanes) is 2. The van der Waals surface area contributed by atoms with Gasteiger partial charge in [0.1, 0.15) is 5.41 Å². The molecule has 0 aromatic carbocycles. The zero-order valence-corrected chi connectivity index (χ0v) is 13.2. The molecule has 1 rings (SSSR count). The van der Waals surface area contributed by atoms with Crippen molar-refractivity contribution in [3.8, 4) is 0 Å². The molecule has 2 amide bonds. The molecule has 19 heavy (non-hydrogen) atoms. The normalized spacial score (nSPS) is 19.3. The summed E-state index contributed by atoms with van der Waals surface area (Å²) in [5.74, 6) is -0.326. The maximum atomic E-state index is 12.4. The lowest BCUT2D eigenvalue weighted by atomic mass is 9.87. The van der Waals surface area contributed by atoms with E-state index in [0.29, 0.717) is 18.2 Å². The van der Waals surface area contributed by atoms with Gasteiger partial charge < -0.3 is 0 Å². The molecule has 1 fully saturated rings. The molecule has 0 spiro atoms. The monoisotopic (exact) mass is 284 g/mol. The molecule has 0 N–H and O–H groups in total. The van der Waals surface area contributed by atoms with Gasteiger partial charge in [-0.05, 0) is 38.9 Å². The SMILES string of the molecule is CCCCN1C(=O)C(C)(C)C(=O)N(CCCC)C1=S. The number of amides is 2. The van der Waals surface area contributed by atoms with Crippen LogP contribution in [-0.2, 0) is 9.59 Å². The van der Waals surface area contributed by atoms with Crippen molar-refractivity contribution in [2.24, 2.45) is 5.41 Å². The van der Waals surface area contributed by atoms with Gasteiger partial charge in [0.05, 0.1) is 0 Å². The Labute approximate surface area is 121 Å². The Morgan fingerprint density at radius 2 is 1.32 bits per heavy atom. The van der Waals surface area contributed by atoms with Gasteiger partial charge in [-0.25, -0.2) is 0 Å². The molecule has 0 bridgehead atoms. The summed E-state index contributed by atoms with van der Waals surface area (Å²) in [6.07, 6.45) is 3.79. The third-order valence-corrected chi connectivity index (χ3v) is 3.93. The molecule has 1 aliphatic heterocycles. The van der Waals surface area contributed by atoms with Gasteiger partial charge >= 0.3 is 0 Å². The van der Waals surface area contributed by atoms with E-state index in [1.807, 2.05) is 0 Å². The largest absolute Gasteiger partial charge is 0.288 e. The molecule has 1 heterocycles. The third-order valence-electron chi connectivity index (χ3n) is 3.49. The van der Waals surface area contributed by atoms with Crippen LogP contribution in [0, 0.1) is 5.41 Å². The Hall–Kier alpha value is -0.970. The molecule has 0 radical (unpaired) electrons. The van der Waals surface area contributed by atoms with Crippen molar-refractivity contribution in [3.63, 3.8) is 0 Å². The Morgan fingerprint density at radius 1 is 0.947 bits per heavy atom. The maximum Gasteiger partial charge on any atom is 0.243 e. The topological polar surface area (TPSA) is 40.6 Å². The minimum Gasteiger partial charge on any atom is -0.288 e. The first kappa shape index (κ1) is 16.1. The average molecular weight is 284 g/mol. The van der Waals surface area contributed by atoms with Crippen molar-refractivity contribution >= 4 is 29.1 Å². The molecule has 0 atom stereocenters. The van der Waals surface area contributed by atoms with Crippen LogP contribution in [0.15, 0.2) is 0 Å². The summed E-state index contributed by atoms with van der Waals surface area (Å²) in [5, 5.41) is 0.385. The summed E-state index contributed by atoms with van der Waals surface area (Å²) < 4.78 is 0. The fraction of sp³-hybridized carbons (Fsp3) is 0.786. The van der Waals surface area contributed by atoms with Crippen LogP contribution in [0.5, 0.6) is 0 Å². The molecule has 5 heteroatoms. The van der Waals surface area contributed by atoms with Crippen LogP contribution >= 0.6 is 12.2 Å². The average Bonchev–Trinajstić information content (AvgIpc) is 2.37. The molecule has 108 valence electrons. The van der Waals surface area contributed by atoms with Gasteiger partial charge in [-0.3, -0.25) is 19.4 Å². The van der Waals surface area contributed by atoms with E-state index < -0.39 is 5.41 Å². The molecule has 1 aliphatic rings. The summed E-state index contributed by atoms with van der Waals surface area (Å²) in [7, 11) is 0. The highest BCUT2D eigenvalue weighted by Crippen LogP contribution is 2.29. The minimum atomic E-state index is -0.996. The molecule has 0 unspecified atom stereocenters. The Morgan fingerprint density at radius 3 is 1.63 bits per heavy atom. The summed E-state index contributed by atoms with van der Waals surface area (Å²) in [6.45, 7) is 8.74. The fourth-order valence-electron chi connectivity index (χ4n) is 2.11. The molecule has 0 saturated carbocycles. The minimum absolute atomic E-state index is 0.163. The molecular formula is C14H24N2O2S.